The lowest BCUT2D eigenvalue weighted by molar-refractivity contribution is -0.133. The number of ether oxygens (including phenoxy) is 2. The molecular weight excluding hydrogens is 256 g/mol. The van der Waals surface area contributed by atoms with Crippen molar-refractivity contribution in [3.05, 3.63) is 29.8 Å². The van der Waals surface area contributed by atoms with Gasteiger partial charge in [0.25, 0.3) is 0 Å². The summed E-state index contributed by atoms with van der Waals surface area (Å²) in [5.74, 6) is -0.170. The van der Waals surface area contributed by atoms with Crippen molar-refractivity contribution in [2.45, 2.75) is 12.8 Å². The minimum Gasteiger partial charge on any atom is -0.399 e. The molecule has 1 amide bonds. The first kappa shape index (κ1) is 16.5. The summed E-state index contributed by atoms with van der Waals surface area (Å²) in [6.07, 6.45) is 0. The van der Waals surface area contributed by atoms with E-state index >= 15 is 0 Å². The van der Waals surface area contributed by atoms with Crippen LogP contribution in [-0.4, -0.2) is 51.3 Å². The van der Waals surface area contributed by atoms with Crippen molar-refractivity contribution in [2.75, 3.05) is 46.3 Å². The van der Waals surface area contributed by atoms with E-state index < -0.39 is 0 Å². The summed E-state index contributed by atoms with van der Waals surface area (Å²) in [6.45, 7) is 4.04. The molecule has 0 saturated carbocycles. The molecule has 112 valence electrons. The van der Waals surface area contributed by atoms with E-state index in [0.717, 1.165) is 5.56 Å². The molecule has 0 radical (unpaired) electrons. The molecule has 20 heavy (non-hydrogen) atoms. The average Bonchev–Trinajstić information content (AvgIpc) is 2.46. The van der Waals surface area contributed by atoms with E-state index in [1.807, 2.05) is 31.2 Å². The van der Waals surface area contributed by atoms with Crippen molar-refractivity contribution < 1.29 is 14.3 Å². The number of carbonyl (C=O) groups is 1. The highest BCUT2D eigenvalue weighted by Gasteiger charge is 2.21. The molecular formula is C15H24N2O3. The van der Waals surface area contributed by atoms with E-state index in [1.54, 1.807) is 19.1 Å². The van der Waals surface area contributed by atoms with Gasteiger partial charge < -0.3 is 20.1 Å². The summed E-state index contributed by atoms with van der Waals surface area (Å²) >= 11 is 0. The Balaban J connectivity index is 2.76. The Labute approximate surface area is 120 Å². The zero-order valence-electron chi connectivity index (χ0n) is 12.5. The van der Waals surface area contributed by atoms with Crippen LogP contribution in [0.2, 0.25) is 0 Å². The standard InChI is InChI=1S/C15H24N2O3/c1-12(13-5-4-6-14(16)11-13)15(18)17(7-9-19-2)8-10-20-3/h4-6,11-12H,7-10,16H2,1-3H3. The fourth-order valence-corrected chi connectivity index (χ4v) is 1.98. The minimum atomic E-state index is -0.229. The summed E-state index contributed by atoms with van der Waals surface area (Å²) in [4.78, 5) is 14.3. The molecule has 5 nitrogen and oxygen atoms in total. The van der Waals surface area contributed by atoms with Gasteiger partial charge in [0.1, 0.15) is 0 Å². The predicted molar refractivity (Wildman–Crippen MR) is 79.6 cm³/mol. The van der Waals surface area contributed by atoms with Gasteiger partial charge in [-0.3, -0.25) is 4.79 Å². The zero-order chi connectivity index (χ0) is 15.0. The fraction of sp³-hybridized carbons (Fsp3) is 0.533. The molecule has 0 saturated heterocycles. The number of nitrogens with two attached hydrogens (primary N) is 1. The lowest BCUT2D eigenvalue weighted by Crippen LogP contribution is -2.39. The minimum absolute atomic E-state index is 0.0599. The highest BCUT2D eigenvalue weighted by atomic mass is 16.5. The number of hydrogen-bond acceptors (Lipinski definition) is 4. The van der Waals surface area contributed by atoms with E-state index in [1.165, 1.54) is 0 Å². The van der Waals surface area contributed by atoms with E-state index in [9.17, 15) is 4.79 Å². The molecule has 5 heteroatoms. The maximum absolute atomic E-state index is 12.5. The topological polar surface area (TPSA) is 64.8 Å². The zero-order valence-corrected chi connectivity index (χ0v) is 12.5. The number of nitrogen functional groups attached to an aromatic ring is 1. The fourth-order valence-electron chi connectivity index (χ4n) is 1.98. The molecule has 0 fully saturated rings. The molecule has 1 aromatic rings. The van der Waals surface area contributed by atoms with Crippen LogP contribution < -0.4 is 5.73 Å². The monoisotopic (exact) mass is 280 g/mol. The molecule has 0 aliphatic heterocycles. The van der Waals surface area contributed by atoms with Crippen molar-refractivity contribution in [3.63, 3.8) is 0 Å². The predicted octanol–water partition coefficient (Wildman–Crippen LogP) is 1.49. The molecule has 0 aliphatic carbocycles. The number of amides is 1. The molecule has 1 atom stereocenters. The van der Waals surface area contributed by atoms with Crippen LogP contribution in [0.5, 0.6) is 0 Å². The summed E-state index contributed by atoms with van der Waals surface area (Å²) in [7, 11) is 3.25. The van der Waals surface area contributed by atoms with Gasteiger partial charge in [0.2, 0.25) is 5.91 Å². The van der Waals surface area contributed by atoms with Gasteiger partial charge in [-0.05, 0) is 24.6 Å². The van der Waals surface area contributed by atoms with Gasteiger partial charge >= 0.3 is 0 Å². The molecule has 0 bridgehead atoms. The van der Waals surface area contributed by atoms with Gasteiger partial charge in [0, 0.05) is 33.0 Å². The normalized spacial score (nSPS) is 12.2. The molecule has 0 heterocycles. The molecule has 2 N–H and O–H groups in total. The van der Waals surface area contributed by atoms with Gasteiger partial charge in [0.05, 0.1) is 19.1 Å². The van der Waals surface area contributed by atoms with Gasteiger partial charge in [-0.25, -0.2) is 0 Å². The lowest BCUT2D eigenvalue weighted by atomic mass is 9.99. The summed E-state index contributed by atoms with van der Waals surface area (Å²) in [5, 5.41) is 0. The molecule has 0 aliphatic rings. The second kappa shape index (κ2) is 8.55. The van der Waals surface area contributed by atoms with Gasteiger partial charge in [0.15, 0.2) is 0 Å². The number of nitrogens with zero attached hydrogens (tertiary/aromatic N) is 1. The molecule has 1 unspecified atom stereocenters. The van der Waals surface area contributed by atoms with Crippen molar-refractivity contribution >= 4 is 11.6 Å². The number of carbonyl (C=O) groups excluding carboxylic acids is 1. The van der Waals surface area contributed by atoms with Gasteiger partial charge in [-0.1, -0.05) is 12.1 Å². The Morgan fingerprint density at radius 1 is 1.25 bits per heavy atom. The molecule has 0 aromatic heterocycles. The first-order valence-electron chi connectivity index (χ1n) is 6.72. The first-order chi connectivity index (χ1) is 9.60. The number of anilines is 1. The van der Waals surface area contributed by atoms with Crippen LogP contribution in [0.4, 0.5) is 5.69 Å². The van der Waals surface area contributed by atoms with Crippen LogP contribution in [0, 0.1) is 0 Å². The van der Waals surface area contributed by atoms with E-state index in [2.05, 4.69) is 0 Å². The van der Waals surface area contributed by atoms with E-state index in [-0.39, 0.29) is 11.8 Å². The number of hydrogen-bond donors (Lipinski definition) is 1. The average molecular weight is 280 g/mol. The maximum atomic E-state index is 12.5. The third kappa shape index (κ3) is 4.83. The second-order valence-electron chi connectivity index (χ2n) is 4.70. The third-order valence-electron chi connectivity index (χ3n) is 3.22. The maximum Gasteiger partial charge on any atom is 0.229 e. The third-order valence-corrected chi connectivity index (χ3v) is 3.22. The Morgan fingerprint density at radius 2 is 1.85 bits per heavy atom. The number of rotatable bonds is 8. The smallest absolute Gasteiger partial charge is 0.229 e. The summed E-state index contributed by atoms with van der Waals surface area (Å²) < 4.78 is 10.1. The van der Waals surface area contributed by atoms with Crippen LogP contribution in [0.25, 0.3) is 0 Å². The number of methoxy groups -OCH3 is 2. The Morgan fingerprint density at radius 3 is 2.35 bits per heavy atom. The van der Waals surface area contributed by atoms with E-state index in [0.29, 0.717) is 32.0 Å². The summed E-state index contributed by atoms with van der Waals surface area (Å²) in [5.41, 5.74) is 7.36. The molecule has 1 aromatic carbocycles. The van der Waals surface area contributed by atoms with Crippen LogP contribution in [0.3, 0.4) is 0 Å². The Hall–Kier alpha value is -1.59. The van der Waals surface area contributed by atoms with Crippen molar-refractivity contribution in [1.82, 2.24) is 4.90 Å². The van der Waals surface area contributed by atoms with Crippen molar-refractivity contribution in [1.29, 1.82) is 0 Å². The Kier molecular flexibility index (Phi) is 7.04. The SMILES string of the molecule is COCCN(CCOC)C(=O)C(C)c1cccc(N)c1. The van der Waals surface area contributed by atoms with E-state index in [4.69, 9.17) is 15.2 Å². The van der Waals surface area contributed by atoms with Crippen LogP contribution >= 0.6 is 0 Å². The number of benzene rings is 1. The largest absolute Gasteiger partial charge is 0.399 e. The second-order valence-corrected chi connectivity index (χ2v) is 4.70. The molecule has 0 spiro atoms. The highest BCUT2D eigenvalue weighted by Crippen LogP contribution is 2.20. The van der Waals surface area contributed by atoms with Crippen LogP contribution in [-0.2, 0) is 14.3 Å². The molecule has 1 rings (SSSR count). The first-order valence-corrected chi connectivity index (χ1v) is 6.72. The van der Waals surface area contributed by atoms with Crippen LogP contribution in [0.1, 0.15) is 18.4 Å². The lowest BCUT2D eigenvalue weighted by Gasteiger charge is -2.25. The summed E-state index contributed by atoms with van der Waals surface area (Å²) in [6, 6.07) is 7.44. The van der Waals surface area contributed by atoms with Crippen molar-refractivity contribution in [2.24, 2.45) is 0 Å². The van der Waals surface area contributed by atoms with Crippen LogP contribution in [0.15, 0.2) is 24.3 Å². The van der Waals surface area contributed by atoms with Gasteiger partial charge in [-0.15, -0.1) is 0 Å². The Bertz CT molecular complexity index is 415. The van der Waals surface area contributed by atoms with Crippen molar-refractivity contribution in [3.8, 4) is 0 Å². The van der Waals surface area contributed by atoms with Gasteiger partial charge in [-0.2, -0.15) is 0 Å². The quantitative estimate of drug-likeness (QED) is 0.733. The highest BCUT2D eigenvalue weighted by molar-refractivity contribution is 5.83.